The Morgan fingerprint density at radius 2 is 1.59 bits per heavy atom. The van der Waals surface area contributed by atoms with Gasteiger partial charge in [-0.3, -0.25) is 9.69 Å². The van der Waals surface area contributed by atoms with Crippen LogP contribution in [0.4, 0.5) is 11.4 Å². The van der Waals surface area contributed by atoms with E-state index in [0.29, 0.717) is 16.6 Å². The molecule has 5 rings (SSSR count). The molecule has 0 spiro atoms. The van der Waals surface area contributed by atoms with Gasteiger partial charge in [0.1, 0.15) is 4.91 Å². The van der Waals surface area contributed by atoms with E-state index in [1.54, 1.807) is 22.7 Å². The number of amidine groups is 1. The third kappa shape index (κ3) is 3.76. The monoisotopic (exact) mass is 455 g/mol. The summed E-state index contributed by atoms with van der Waals surface area (Å²) in [7, 11) is 2.00. The summed E-state index contributed by atoms with van der Waals surface area (Å²) >= 11 is 3.06. The fourth-order valence-corrected chi connectivity index (χ4v) is 6.03. The Kier molecular flexibility index (Phi) is 5.64. The quantitative estimate of drug-likeness (QED) is 0.332. The van der Waals surface area contributed by atoms with Gasteiger partial charge in [0.05, 0.1) is 16.4 Å². The second kappa shape index (κ2) is 8.73. The average molecular weight is 456 g/mol. The van der Waals surface area contributed by atoms with E-state index in [-0.39, 0.29) is 5.91 Å². The molecule has 3 aromatic rings. The standard InChI is InChI=1S/C26H21N3OS2/c1-3-17-29-24(30)23(25-28(2)21-11-7-8-12-22(21)31-25)32-26(29)27-20-15-13-19(14-16-20)18-9-5-4-6-10-18/h3-16H,1,17H2,2H3. The maximum absolute atomic E-state index is 13.3. The van der Waals surface area contributed by atoms with Crippen molar-refractivity contribution in [2.45, 2.75) is 4.90 Å². The highest BCUT2D eigenvalue weighted by atomic mass is 32.2. The summed E-state index contributed by atoms with van der Waals surface area (Å²) in [6, 6.07) is 26.5. The predicted molar refractivity (Wildman–Crippen MR) is 136 cm³/mol. The first-order chi connectivity index (χ1) is 15.7. The van der Waals surface area contributed by atoms with E-state index in [0.717, 1.165) is 26.9 Å². The normalized spacial score (nSPS) is 19.0. The average Bonchev–Trinajstić information content (AvgIpc) is 3.32. The molecular weight excluding hydrogens is 434 g/mol. The Bertz CT molecular complexity index is 1250. The van der Waals surface area contributed by atoms with E-state index < -0.39 is 0 Å². The Hall–Kier alpha value is -3.22. The number of aliphatic imine (C=N–C) groups is 1. The number of carbonyl (C=O) groups excluding carboxylic acids is 1. The molecule has 2 heterocycles. The molecule has 0 aliphatic carbocycles. The molecule has 1 fully saturated rings. The topological polar surface area (TPSA) is 35.9 Å². The number of hydrogen-bond acceptors (Lipinski definition) is 5. The van der Waals surface area contributed by atoms with Crippen molar-refractivity contribution in [1.29, 1.82) is 0 Å². The Balaban J connectivity index is 1.47. The van der Waals surface area contributed by atoms with Gasteiger partial charge in [-0.2, -0.15) is 0 Å². The minimum Gasteiger partial charge on any atom is -0.337 e. The molecule has 0 atom stereocenters. The van der Waals surface area contributed by atoms with Gasteiger partial charge in [0.15, 0.2) is 5.17 Å². The zero-order valence-electron chi connectivity index (χ0n) is 17.6. The molecule has 3 aromatic carbocycles. The molecule has 1 amide bonds. The van der Waals surface area contributed by atoms with Crippen LogP contribution >= 0.6 is 23.5 Å². The van der Waals surface area contributed by atoms with Crippen molar-refractivity contribution in [3.05, 3.63) is 101 Å². The molecule has 0 saturated carbocycles. The van der Waals surface area contributed by atoms with Crippen LogP contribution in [0.5, 0.6) is 0 Å². The number of benzene rings is 3. The van der Waals surface area contributed by atoms with Crippen molar-refractivity contribution in [1.82, 2.24) is 4.90 Å². The summed E-state index contributed by atoms with van der Waals surface area (Å²) in [5.41, 5.74) is 4.23. The van der Waals surface area contributed by atoms with Crippen molar-refractivity contribution in [3.8, 4) is 11.1 Å². The first kappa shape index (κ1) is 20.7. The lowest BCUT2D eigenvalue weighted by atomic mass is 10.1. The van der Waals surface area contributed by atoms with Gasteiger partial charge in [-0.1, -0.05) is 72.4 Å². The Morgan fingerprint density at radius 1 is 0.906 bits per heavy atom. The third-order valence-corrected chi connectivity index (χ3v) is 7.74. The van der Waals surface area contributed by atoms with Crippen molar-refractivity contribution in [2.24, 2.45) is 4.99 Å². The lowest BCUT2D eigenvalue weighted by Crippen LogP contribution is -2.29. The summed E-state index contributed by atoms with van der Waals surface area (Å²) in [5, 5.41) is 1.62. The maximum atomic E-state index is 13.3. The number of para-hydroxylation sites is 1. The van der Waals surface area contributed by atoms with Gasteiger partial charge in [0.25, 0.3) is 5.91 Å². The van der Waals surface area contributed by atoms with E-state index >= 15 is 0 Å². The Morgan fingerprint density at radius 3 is 2.31 bits per heavy atom. The third-order valence-electron chi connectivity index (χ3n) is 5.31. The van der Waals surface area contributed by atoms with Gasteiger partial charge < -0.3 is 4.90 Å². The van der Waals surface area contributed by atoms with Crippen LogP contribution in [-0.4, -0.2) is 29.6 Å². The van der Waals surface area contributed by atoms with Gasteiger partial charge in [0, 0.05) is 18.5 Å². The highest BCUT2D eigenvalue weighted by Gasteiger charge is 2.38. The lowest BCUT2D eigenvalue weighted by Gasteiger charge is -2.15. The van der Waals surface area contributed by atoms with Crippen molar-refractivity contribution < 1.29 is 4.79 Å². The summed E-state index contributed by atoms with van der Waals surface area (Å²) in [6.45, 7) is 4.25. The van der Waals surface area contributed by atoms with Crippen LogP contribution in [0, 0.1) is 0 Å². The number of amides is 1. The van der Waals surface area contributed by atoms with Crippen LogP contribution in [0.1, 0.15) is 0 Å². The summed E-state index contributed by atoms with van der Waals surface area (Å²) < 4.78 is 0. The number of carbonyl (C=O) groups is 1. The van der Waals surface area contributed by atoms with Crippen LogP contribution in [0.15, 0.2) is 111 Å². The molecule has 0 bridgehead atoms. The molecule has 32 heavy (non-hydrogen) atoms. The second-order valence-corrected chi connectivity index (χ2v) is 9.39. The molecule has 2 aliphatic heterocycles. The molecule has 0 N–H and O–H groups in total. The molecule has 6 heteroatoms. The number of nitrogens with zero attached hydrogens (tertiary/aromatic N) is 3. The molecule has 0 unspecified atom stereocenters. The van der Waals surface area contributed by atoms with Gasteiger partial charge in [-0.05, 0) is 47.2 Å². The Labute approximate surface area is 196 Å². The van der Waals surface area contributed by atoms with Crippen LogP contribution in [0.3, 0.4) is 0 Å². The zero-order chi connectivity index (χ0) is 22.1. The molecule has 2 aliphatic rings. The lowest BCUT2D eigenvalue weighted by molar-refractivity contribution is -0.121. The van der Waals surface area contributed by atoms with E-state index in [9.17, 15) is 4.79 Å². The number of thioether (sulfide) groups is 2. The van der Waals surface area contributed by atoms with E-state index in [4.69, 9.17) is 4.99 Å². The van der Waals surface area contributed by atoms with E-state index in [2.05, 4.69) is 47.9 Å². The van der Waals surface area contributed by atoms with E-state index in [1.165, 1.54) is 17.3 Å². The minimum atomic E-state index is -0.0308. The fraction of sp³-hybridized carbons (Fsp3) is 0.0769. The number of rotatable bonds is 4. The molecule has 4 nitrogen and oxygen atoms in total. The molecular formula is C26H21N3OS2. The smallest absolute Gasteiger partial charge is 0.269 e. The van der Waals surface area contributed by atoms with Gasteiger partial charge >= 0.3 is 0 Å². The highest BCUT2D eigenvalue weighted by Crippen LogP contribution is 2.49. The first-order valence-electron chi connectivity index (χ1n) is 10.3. The number of fused-ring (bicyclic) bond motifs is 1. The van der Waals surface area contributed by atoms with Gasteiger partial charge in [-0.25, -0.2) is 4.99 Å². The SMILES string of the molecule is C=CCN1C(=O)C(=C2Sc3ccccc3N2C)SC1=Nc1ccc(-c2ccccc2)cc1. The molecule has 0 aromatic heterocycles. The largest absolute Gasteiger partial charge is 0.337 e. The summed E-state index contributed by atoms with van der Waals surface area (Å²) in [5.74, 6) is -0.0308. The number of anilines is 1. The molecule has 158 valence electrons. The molecule has 0 radical (unpaired) electrons. The van der Waals surface area contributed by atoms with Crippen LogP contribution < -0.4 is 4.90 Å². The van der Waals surface area contributed by atoms with Gasteiger partial charge in [-0.15, -0.1) is 6.58 Å². The number of hydrogen-bond donors (Lipinski definition) is 0. The highest BCUT2D eigenvalue weighted by molar-refractivity contribution is 8.19. The van der Waals surface area contributed by atoms with Crippen LogP contribution in [-0.2, 0) is 4.79 Å². The maximum Gasteiger partial charge on any atom is 0.269 e. The van der Waals surface area contributed by atoms with Crippen molar-refractivity contribution >= 4 is 46.0 Å². The van der Waals surface area contributed by atoms with E-state index in [1.807, 2.05) is 49.5 Å². The van der Waals surface area contributed by atoms with Crippen molar-refractivity contribution in [3.63, 3.8) is 0 Å². The summed E-state index contributed by atoms with van der Waals surface area (Å²) in [4.78, 5) is 23.8. The minimum absolute atomic E-state index is 0.0308. The predicted octanol–water partition coefficient (Wildman–Crippen LogP) is 6.51. The van der Waals surface area contributed by atoms with Crippen LogP contribution in [0.2, 0.25) is 0 Å². The molecule has 1 saturated heterocycles. The van der Waals surface area contributed by atoms with Crippen molar-refractivity contribution in [2.75, 3.05) is 18.5 Å². The second-order valence-electron chi connectivity index (χ2n) is 7.38. The van der Waals surface area contributed by atoms with Crippen LogP contribution in [0.25, 0.3) is 11.1 Å². The van der Waals surface area contributed by atoms with Gasteiger partial charge in [0.2, 0.25) is 0 Å². The summed E-state index contributed by atoms with van der Waals surface area (Å²) in [6.07, 6.45) is 1.74. The fourth-order valence-electron chi connectivity index (χ4n) is 3.68. The first-order valence-corrected chi connectivity index (χ1v) is 11.9. The zero-order valence-corrected chi connectivity index (χ0v) is 19.2.